The van der Waals surface area contributed by atoms with Crippen LogP contribution >= 0.6 is 23.6 Å². The van der Waals surface area contributed by atoms with Gasteiger partial charge < -0.3 is 14.7 Å². The van der Waals surface area contributed by atoms with Crippen molar-refractivity contribution in [3.05, 3.63) is 33.2 Å². The molecule has 0 saturated carbocycles. The second-order valence-electron chi connectivity index (χ2n) is 3.07. The van der Waals surface area contributed by atoms with Crippen LogP contribution in [0.1, 0.15) is 10.7 Å². The molecule has 0 aromatic carbocycles. The lowest BCUT2D eigenvalue weighted by Crippen LogP contribution is -2.05. The van der Waals surface area contributed by atoms with Crippen LogP contribution in [0.25, 0.3) is 0 Å². The molecule has 2 aromatic rings. The van der Waals surface area contributed by atoms with E-state index in [9.17, 15) is 0 Å². The van der Waals surface area contributed by atoms with Crippen molar-refractivity contribution >= 4 is 23.6 Å². The van der Waals surface area contributed by atoms with Crippen molar-refractivity contribution in [2.75, 3.05) is 0 Å². The summed E-state index contributed by atoms with van der Waals surface area (Å²) in [5, 5.41) is 12.1. The Balaban J connectivity index is 2.10. The van der Waals surface area contributed by atoms with Gasteiger partial charge >= 0.3 is 0 Å². The van der Waals surface area contributed by atoms with Crippen LogP contribution in [0.4, 0.5) is 0 Å². The van der Waals surface area contributed by atoms with Crippen LogP contribution in [-0.4, -0.2) is 19.6 Å². The lowest BCUT2D eigenvalue weighted by atomic mass is 10.4. The quantitative estimate of drug-likeness (QED) is 0.802. The van der Waals surface area contributed by atoms with Crippen LogP contribution in [0.15, 0.2) is 17.8 Å². The standard InChI is InChI=1S/C9H11N3OS2/c13-6-7-5-11-9(14)12(7)3-1-8-10-2-4-15-8/h2,4-5,13H,1,3,6H2,(H,11,14). The lowest BCUT2D eigenvalue weighted by Gasteiger charge is -2.04. The number of aromatic nitrogens is 3. The van der Waals surface area contributed by atoms with E-state index in [-0.39, 0.29) is 6.61 Å². The molecule has 0 radical (unpaired) electrons. The molecule has 0 unspecified atom stereocenters. The highest BCUT2D eigenvalue weighted by atomic mass is 32.1. The van der Waals surface area contributed by atoms with Crippen LogP contribution < -0.4 is 0 Å². The number of hydrogen-bond donors (Lipinski definition) is 2. The first kappa shape index (κ1) is 10.5. The minimum Gasteiger partial charge on any atom is -0.390 e. The minimum atomic E-state index is 0.00497. The molecule has 0 spiro atoms. The molecule has 0 aliphatic carbocycles. The van der Waals surface area contributed by atoms with Gasteiger partial charge in [0.2, 0.25) is 0 Å². The third kappa shape index (κ3) is 2.34. The lowest BCUT2D eigenvalue weighted by molar-refractivity contribution is 0.270. The van der Waals surface area contributed by atoms with Gasteiger partial charge in [-0.15, -0.1) is 11.3 Å². The Labute approximate surface area is 96.2 Å². The number of imidazole rings is 1. The maximum atomic E-state index is 9.09. The van der Waals surface area contributed by atoms with Crippen LogP contribution in [-0.2, 0) is 19.6 Å². The van der Waals surface area contributed by atoms with Gasteiger partial charge in [0.05, 0.1) is 17.3 Å². The molecule has 15 heavy (non-hydrogen) atoms. The predicted octanol–water partition coefficient (Wildman–Crippen LogP) is 1.74. The van der Waals surface area contributed by atoms with E-state index in [0.717, 1.165) is 23.7 Å². The average Bonchev–Trinajstić information content (AvgIpc) is 2.84. The summed E-state index contributed by atoms with van der Waals surface area (Å²) in [6.45, 7) is 0.761. The first-order chi connectivity index (χ1) is 7.31. The van der Waals surface area contributed by atoms with Gasteiger partial charge in [-0.1, -0.05) is 0 Å². The van der Waals surface area contributed by atoms with Crippen molar-refractivity contribution in [1.82, 2.24) is 14.5 Å². The van der Waals surface area contributed by atoms with Gasteiger partial charge in [0.15, 0.2) is 4.77 Å². The number of H-pyrrole nitrogens is 1. The molecular formula is C9H11N3OS2. The molecule has 0 amide bonds. The van der Waals surface area contributed by atoms with Crippen molar-refractivity contribution < 1.29 is 5.11 Å². The van der Waals surface area contributed by atoms with E-state index in [1.807, 2.05) is 9.95 Å². The number of nitrogens with zero attached hydrogens (tertiary/aromatic N) is 2. The van der Waals surface area contributed by atoms with Gasteiger partial charge in [0, 0.05) is 30.7 Å². The molecule has 6 heteroatoms. The average molecular weight is 241 g/mol. The largest absolute Gasteiger partial charge is 0.390 e. The number of aryl methyl sites for hydroxylation is 1. The van der Waals surface area contributed by atoms with E-state index in [2.05, 4.69) is 9.97 Å². The maximum Gasteiger partial charge on any atom is 0.177 e. The van der Waals surface area contributed by atoms with Gasteiger partial charge in [-0.25, -0.2) is 4.98 Å². The number of hydrogen-bond acceptors (Lipinski definition) is 4. The Bertz CT molecular complexity index is 472. The zero-order valence-electron chi connectivity index (χ0n) is 8.01. The molecule has 0 saturated heterocycles. The molecule has 0 aliphatic rings. The van der Waals surface area contributed by atoms with Crippen molar-refractivity contribution in [3.63, 3.8) is 0 Å². The van der Waals surface area contributed by atoms with E-state index >= 15 is 0 Å². The third-order valence-electron chi connectivity index (χ3n) is 2.15. The maximum absolute atomic E-state index is 9.09. The summed E-state index contributed by atoms with van der Waals surface area (Å²) >= 11 is 6.75. The summed E-state index contributed by atoms with van der Waals surface area (Å²) in [4.78, 5) is 7.12. The molecule has 4 nitrogen and oxygen atoms in total. The highest BCUT2D eigenvalue weighted by Crippen LogP contribution is 2.08. The van der Waals surface area contributed by atoms with Crippen molar-refractivity contribution in [2.45, 2.75) is 19.6 Å². The highest BCUT2D eigenvalue weighted by molar-refractivity contribution is 7.71. The molecule has 80 valence electrons. The van der Waals surface area contributed by atoms with Gasteiger partial charge in [-0.05, 0) is 12.2 Å². The normalized spacial score (nSPS) is 10.7. The van der Waals surface area contributed by atoms with Gasteiger partial charge in [-0.3, -0.25) is 0 Å². The van der Waals surface area contributed by atoms with Crippen molar-refractivity contribution in [2.24, 2.45) is 0 Å². The number of nitrogens with one attached hydrogen (secondary N) is 1. The van der Waals surface area contributed by atoms with E-state index in [1.54, 1.807) is 23.7 Å². The zero-order chi connectivity index (χ0) is 10.7. The number of aliphatic hydroxyl groups is 1. The fourth-order valence-corrected chi connectivity index (χ4v) is 2.27. The number of aliphatic hydroxyl groups excluding tert-OH is 1. The van der Waals surface area contributed by atoms with Crippen LogP contribution in [0.5, 0.6) is 0 Å². The summed E-state index contributed by atoms with van der Waals surface area (Å²) in [5.41, 5.74) is 0.816. The Morgan fingerprint density at radius 3 is 3.13 bits per heavy atom. The number of aromatic amines is 1. The fraction of sp³-hybridized carbons (Fsp3) is 0.333. The van der Waals surface area contributed by atoms with Crippen molar-refractivity contribution in [3.8, 4) is 0 Å². The summed E-state index contributed by atoms with van der Waals surface area (Å²) in [6.07, 6.45) is 4.38. The molecule has 2 aromatic heterocycles. The Hall–Kier alpha value is -0.980. The molecular weight excluding hydrogens is 230 g/mol. The van der Waals surface area contributed by atoms with Gasteiger partial charge in [-0.2, -0.15) is 0 Å². The molecule has 2 rings (SSSR count). The fourth-order valence-electron chi connectivity index (χ4n) is 1.39. The highest BCUT2D eigenvalue weighted by Gasteiger charge is 2.03. The van der Waals surface area contributed by atoms with Crippen LogP contribution in [0, 0.1) is 4.77 Å². The van der Waals surface area contributed by atoms with Gasteiger partial charge in [0.1, 0.15) is 0 Å². The Morgan fingerprint density at radius 2 is 2.47 bits per heavy atom. The Morgan fingerprint density at radius 1 is 1.60 bits per heavy atom. The molecule has 0 atom stereocenters. The van der Waals surface area contributed by atoms with Crippen molar-refractivity contribution in [1.29, 1.82) is 0 Å². The van der Waals surface area contributed by atoms with E-state index < -0.39 is 0 Å². The smallest absolute Gasteiger partial charge is 0.177 e. The summed E-state index contributed by atoms with van der Waals surface area (Å²) < 4.78 is 2.55. The SMILES string of the molecule is OCc1c[nH]c(=S)n1CCc1nccs1. The van der Waals surface area contributed by atoms with E-state index in [4.69, 9.17) is 17.3 Å². The van der Waals surface area contributed by atoms with Gasteiger partial charge in [0.25, 0.3) is 0 Å². The van der Waals surface area contributed by atoms with E-state index in [0.29, 0.717) is 4.77 Å². The number of rotatable bonds is 4. The minimum absolute atomic E-state index is 0.00497. The first-order valence-electron chi connectivity index (χ1n) is 4.57. The topological polar surface area (TPSA) is 53.8 Å². The zero-order valence-corrected chi connectivity index (χ0v) is 9.64. The monoisotopic (exact) mass is 241 g/mol. The predicted molar refractivity (Wildman–Crippen MR) is 61.4 cm³/mol. The summed E-state index contributed by atoms with van der Waals surface area (Å²) in [7, 11) is 0. The second-order valence-corrected chi connectivity index (χ2v) is 4.44. The molecule has 0 aliphatic heterocycles. The third-order valence-corrected chi connectivity index (χ3v) is 3.33. The Kier molecular flexibility index (Phi) is 3.30. The van der Waals surface area contributed by atoms with E-state index in [1.165, 1.54) is 0 Å². The molecule has 2 heterocycles. The van der Waals surface area contributed by atoms with Crippen LogP contribution in [0.2, 0.25) is 0 Å². The molecule has 2 N–H and O–H groups in total. The molecule has 0 fully saturated rings. The van der Waals surface area contributed by atoms with Crippen LogP contribution in [0.3, 0.4) is 0 Å². The number of thiazole rings is 1. The first-order valence-corrected chi connectivity index (χ1v) is 5.86. The summed E-state index contributed by atoms with van der Waals surface area (Å²) in [6, 6.07) is 0. The summed E-state index contributed by atoms with van der Waals surface area (Å²) in [5.74, 6) is 0. The second kappa shape index (κ2) is 4.69. The molecule has 0 bridgehead atoms.